The lowest BCUT2D eigenvalue weighted by molar-refractivity contribution is 0.173. The summed E-state index contributed by atoms with van der Waals surface area (Å²) >= 11 is 0. The Balaban J connectivity index is 2.96. The Kier molecular flexibility index (Phi) is 2.67. The quantitative estimate of drug-likeness (QED) is 0.471. The van der Waals surface area contributed by atoms with Crippen LogP contribution in [-0.4, -0.2) is 12.9 Å². The average Bonchev–Trinajstić information content (AvgIpc) is 1.65. The predicted octanol–water partition coefficient (Wildman–Crippen LogP) is 0.163. The highest BCUT2D eigenvalue weighted by molar-refractivity contribution is 5.53. The molecule has 0 heterocycles. The summed E-state index contributed by atoms with van der Waals surface area (Å²) in [6.07, 6.45) is 1.55. The van der Waals surface area contributed by atoms with E-state index in [4.69, 9.17) is 0 Å². The molecule has 2 heteroatoms. The maximum absolute atomic E-state index is 9.60. The van der Waals surface area contributed by atoms with E-state index in [0.717, 1.165) is 0 Å². The van der Waals surface area contributed by atoms with Crippen molar-refractivity contribution in [3.63, 3.8) is 0 Å². The van der Waals surface area contributed by atoms with Gasteiger partial charge in [-0.2, -0.15) is 0 Å². The van der Waals surface area contributed by atoms with Crippen LogP contribution in [-0.2, 0) is 9.90 Å². The Labute approximate surface area is 36.8 Å². The molecular weight excluding hydrogens is 80.0 g/mol. The normalized spacial score (nSPS) is 13.7. The Morgan fingerprint density at radius 2 is 2.33 bits per heavy atom. The molecule has 0 aromatic carbocycles. The van der Waals surface area contributed by atoms with Gasteiger partial charge in [-0.3, -0.25) is 4.79 Å². The van der Waals surface area contributed by atoms with Crippen LogP contribution in [0.1, 0.15) is 6.92 Å². The Morgan fingerprint density at radius 3 is 2.33 bits per heavy atom. The molecule has 0 fully saturated rings. The number of hydrogen-bond donors (Lipinski definition) is 0. The second-order valence-electron chi connectivity index (χ2n) is 1.19. The van der Waals surface area contributed by atoms with E-state index in [1.54, 1.807) is 13.2 Å². The van der Waals surface area contributed by atoms with E-state index in [2.05, 4.69) is 0 Å². The van der Waals surface area contributed by atoms with Crippen molar-refractivity contribution in [2.45, 2.75) is 6.92 Å². The van der Waals surface area contributed by atoms with Gasteiger partial charge in [0.25, 0.3) is 0 Å². The van der Waals surface area contributed by atoms with Crippen molar-refractivity contribution >= 4 is 6.29 Å². The molecule has 0 aliphatic carbocycles. The Hall–Kier alpha value is -0.370. The molecule has 34 valence electrons. The van der Waals surface area contributed by atoms with Gasteiger partial charge in [-0.15, -0.1) is 0 Å². The SMILES string of the molecule is CC([C]=O)C[O]. The Bertz CT molecular complexity index is 42.8. The van der Waals surface area contributed by atoms with Crippen LogP contribution < -0.4 is 0 Å². The van der Waals surface area contributed by atoms with E-state index < -0.39 is 5.92 Å². The highest BCUT2D eigenvalue weighted by Gasteiger charge is 1.94. The van der Waals surface area contributed by atoms with Gasteiger partial charge in [-0.05, 0) is 0 Å². The van der Waals surface area contributed by atoms with E-state index in [0.29, 0.717) is 0 Å². The molecule has 1 unspecified atom stereocenters. The van der Waals surface area contributed by atoms with Crippen molar-refractivity contribution in [2.75, 3.05) is 6.61 Å². The largest absolute Gasteiger partial charge is 0.290 e. The zero-order valence-electron chi connectivity index (χ0n) is 3.60. The van der Waals surface area contributed by atoms with Gasteiger partial charge in [0.1, 0.15) is 0 Å². The van der Waals surface area contributed by atoms with Crippen LogP contribution in [0, 0.1) is 5.92 Å². The molecule has 2 radical (unpaired) electrons. The minimum Gasteiger partial charge on any atom is -0.290 e. The lowest BCUT2D eigenvalue weighted by Crippen LogP contribution is -1.98. The summed E-state index contributed by atoms with van der Waals surface area (Å²) in [4.78, 5) is 9.41. The fourth-order valence-corrected chi connectivity index (χ4v) is 0.0340. The van der Waals surface area contributed by atoms with Crippen LogP contribution in [0.2, 0.25) is 0 Å². The van der Waals surface area contributed by atoms with Crippen molar-refractivity contribution in [1.29, 1.82) is 0 Å². The molecule has 0 aliphatic rings. The average molecular weight is 86.1 g/mol. The molecule has 0 bridgehead atoms. The Morgan fingerprint density at radius 1 is 1.83 bits per heavy atom. The molecule has 0 spiro atoms. The molecule has 0 saturated heterocycles. The summed E-state index contributed by atoms with van der Waals surface area (Å²) in [5, 5.41) is 9.60. The van der Waals surface area contributed by atoms with E-state index in [-0.39, 0.29) is 6.61 Å². The molecule has 0 amide bonds. The minimum absolute atomic E-state index is 0.344. The first-order valence-electron chi connectivity index (χ1n) is 1.77. The summed E-state index contributed by atoms with van der Waals surface area (Å²) in [5.74, 6) is -0.426. The second-order valence-corrected chi connectivity index (χ2v) is 1.19. The smallest absolute Gasteiger partial charge is 0.203 e. The van der Waals surface area contributed by atoms with Crippen LogP contribution in [0.3, 0.4) is 0 Å². The summed E-state index contributed by atoms with van der Waals surface area (Å²) in [6, 6.07) is 0. The van der Waals surface area contributed by atoms with Crippen molar-refractivity contribution in [3.8, 4) is 0 Å². The third kappa shape index (κ3) is 1.91. The van der Waals surface area contributed by atoms with Crippen LogP contribution in [0.4, 0.5) is 0 Å². The van der Waals surface area contributed by atoms with Crippen LogP contribution >= 0.6 is 0 Å². The maximum atomic E-state index is 9.60. The molecule has 0 aromatic heterocycles. The molecule has 0 saturated carbocycles. The van der Waals surface area contributed by atoms with Gasteiger partial charge in [0, 0.05) is 5.92 Å². The molecule has 1 atom stereocenters. The van der Waals surface area contributed by atoms with Gasteiger partial charge in [0.2, 0.25) is 6.29 Å². The topological polar surface area (TPSA) is 37.0 Å². The molecule has 6 heavy (non-hydrogen) atoms. The number of rotatable bonds is 2. The van der Waals surface area contributed by atoms with Crippen LogP contribution in [0.5, 0.6) is 0 Å². The lowest BCUT2D eigenvalue weighted by atomic mass is 10.2. The van der Waals surface area contributed by atoms with Gasteiger partial charge in [0.05, 0.1) is 6.61 Å². The van der Waals surface area contributed by atoms with Crippen molar-refractivity contribution in [3.05, 3.63) is 0 Å². The van der Waals surface area contributed by atoms with Crippen LogP contribution in [0.25, 0.3) is 0 Å². The van der Waals surface area contributed by atoms with Gasteiger partial charge in [-0.25, -0.2) is 5.11 Å². The first-order valence-corrected chi connectivity index (χ1v) is 1.77. The fraction of sp³-hybridized carbons (Fsp3) is 0.750. The van der Waals surface area contributed by atoms with Gasteiger partial charge >= 0.3 is 0 Å². The zero-order valence-corrected chi connectivity index (χ0v) is 3.60. The number of hydrogen-bond acceptors (Lipinski definition) is 1. The standard InChI is InChI=1S/C4H6O2/c1-4(2-5)3-6/h4H,2H2,1H3. The highest BCUT2D eigenvalue weighted by atomic mass is 16.3. The van der Waals surface area contributed by atoms with Gasteiger partial charge in [-0.1, -0.05) is 6.92 Å². The maximum Gasteiger partial charge on any atom is 0.203 e. The third-order valence-corrected chi connectivity index (χ3v) is 0.451. The fourth-order valence-electron chi connectivity index (χ4n) is 0.0340. The molecule has 0 rings (SSSR count). The first-order chi connectivity index (χ1) is 2.81. The summed E-state index contributed by atoms with van der Waals surface area (Å²) in [6.45, 7) is 1.20. The predicted molar refractivity (Wildman–Crippen MR) is 20.4 cm³/mol. The van der Waals surface area contributed by atoms with E-state index >= 15 is 0 Å². The molecule has 0 aromatic rings. The van der Waals surface area contributed by atoms with E-state index in [9.17, 15) is 9.90 Å². The number of carbonyl (C=O) groups excluding carboxylic acids is 1. The van der Waals surface area contributed by atoms with E-state index in [1.165, 1.54) is 0 Å². The lowest BCUT2D eigenvalue weighted by Gasteiger charge is -1.85. The van der Waals surface area contributed by atoms with Crippen molar-refractivity contribution in [1.82, 2.24) is 0 Å². The van der Waals surface area contributed by atoms with Gasteiger partial charge in [0.15, 0.2) is 0 Å². The molecule has 0 aliphatic heterocycles. The third-order valence-electron chi connectivity index (χ3n) is 0.451. The minimum atomic E-state index is -0.426. The second kappa shape index (κ2) is 2.85. The molecule has 2 nitrogen and oxygen atoms in total. The van der Waals surface area contributed by atoms with Gasteiger partial charge < -0.3 is 0 Å². The molecular formula is C4H6O2. The zero-order chi connectivity index (χ0) is 4.99. The van der Waals surface area contributed by atoms with Crippen LogP contribution in [0.15, 0.2) is 0 Å². The van der Waals surface area contributed by atoms with Crippen molar-refractivity contribution in [2.24, 2.45) is 5.92 Å². The monoisotopic (exact) mass is 86.0 g/mol. The summed E-state index contributed by atoms with van der Waals surface area (Å²) < 4.78 is 0. The first kappa shape index (κ1) is 5.63. The summed E-state index contributed by atoms with van der Waals surface area (Å²) in [7, 11) is 0. The van der Waals surface area contributed by atoms with E-state index in [1.807, 2.05) is 0 Å². The summed E-state index contributed by atoms with van der Waals surface area (Å²) in [5.41, 5.74) is 0. The highest BCUT2D eigenvalue weighted by Crippen LogP contribution is 1.81. The van der Waals surface area contributed by atoms with Crippen molar-refractivity contribution < 1.29 is 9.90 Å². The molecule has 0 N–H and O–H groups in total.